The highest BCUT2D eigenvalue weighted by Gasteiger charge is 2.13. The Morgan fingerprint density at radius 2 is 1.49 bits per heavy atom. The minimum atomic E-state index is -0.143. The number of nitrogens with two attached hydrogens (primary N) is 1. The number of ketones is 1. The van der Waals surface area contributed by atoms with Gasteiger partial charge in [-0.05, 0) is 81.4 Å². The molecule has 1 aromatic carbocycles. The molecule has 0 radical (unpaired) electrons. The average molecular weight is 568 g/mol. The lowest BCUT2D eigenvalue weighted by molar-refractivity contribution is -0.908. The van der Waals surface area contributed by atoms with E-state index in [1.54, 1.807) is 73.3 Å². The third kappa shape index (κ3) is 11.6. The number of pyridine rings is 4. The van der Waals surface area contributed by atoms with Crippen molar-refractivity contribution in [3.8, 4) is 6.07 Å². The molecule has 0 saturated heterocycles. The van der Waals surface area contributed by atoms with Crippen molar-refractivity contribution < 1.29 is 14.7 Å². The molecule has 0 spiro atoms. The van der Waals surface area contributed by atoms with Crippen LogP contribution in [0.5, 0.6) is 0 Å². The number of aromatic nitrogens is 4. The molecule has 5 rings (SSSR count). The number of hydrogen-bond donors (Lipinski definition) is 2. The molecular weight excluding hydrogens is 536 g/mol. The molecule has 0 aliphatic heterocycles. The van der Waals surface area contributed by atoms with Crippen LogP contribution in [0.3, 0.4) is 0 Å². The third-order valence-electron chi connectivity index (χ3n) is 5.29. The maximum atomic E-state index is 12.2. The summed E-state index contributed by atoms with van der Waals surface area (Å²) in [7, 11) is 0. The molecule has 8 nitrogen and oxygen atoms in total. The lowest BCUT2D eigenvalue weighted by Gasteiger charge is -2.05. The Labute approximate surface area is 245 Å². The largest absolute Gasteiger partial charge is 0.398 e. The van der Waals surface area contributed by atoms with Crippen LogP contribution in [0.15, 0.2) is 104 Å². The Morgan fingerprint density at radius 3 is 1.98 bits per heavy atom. The molecule has 0 aliphatic rings. The monoisotopic (exact) mass is 567 g/mol. The van der Waals surface area contributed by atoms with Gasteiger partial charge >= 0.3 is 0 Å². The van der Waals surface area contributed by atoms with E-state index in [9.17, 15) is 4.79 Å². The Hall–Kier alpha value is -5.13. The first-order valence-electron chi connectivity index (χ1n) is 12.5. The number of nitrogens with zero attached hydrogens (tertiary/aromatic N) is 5. The van der Waals surface area contributed by atoms with Gasteiger partial charge in [-0.25, -0.2) is 0 Å². The van der Waals surface area contributed by atoms with Crippen molar-refractivity contribution in [2.75, 3.05) is 5.73 Å². The molecule has 41 heavy (non-hydrogen) atoms. The predicted molar refractivity (Wildman–Crippen MR) is 159 cm³/mol. The number of carbonyl (C=O) groups excluding carboxylic acids is 1. The Bertz CT molecular complexity index is 1580. The van der Waals surface area contributed by atoms with E-state index in [-0.39, 0.29) is 5.78 Å². The van der Waals surface area contributed by atoms with Gasteiger partial charge in [-0.3, -0.25) is 25.0 Å². The number of hydrogen-bond acceptors (Lipinski definition) is 7. The van der Waals surface area contributed by atoms with E-state index in [4.69, 9.17) is 27.8 Å². The molecule has 4 heterocycles. The molecule has 4 aromatic heterocycles. The van der Waals surface area contributed by atoms with Crippen LogP contribution in [0.25, 0.3) is 0 Å². The maximum Gasteiger partial charge on any atom is 0.231 e. The van der Waals surface area contributed by atoms with Gasteiger partial charge in [-0.1, -0.05) is 17.7 Å². The predicted octanol–water partition coefficient (Wildman–Crippen LogP) is 6.03. The fourth-order valence-corrected chi connectivity index (χ4v) is 3.32. The van der Waals surface area contributed by atoms with Crippen LogP contribution in [-0.4, -0.2) is 25.9 Å². The summed E-state index contributed by atoms with van der Waals surface area (Å²) >= 11 is 5.86. The topological polar surface area (TPSA) is 130 Å². The van der Waals surface area contributed by atoms with Crippen LogP contribution in [0.1, 0.15) is 44.3 Å². The van der Waals surface area contributed by atoms with Gasteiger partial charge in [-0.2, -0.15) is 5.26 Å². The van der Waals surface area contributed by atoms with E-state index in [1.165, 1.54) is 0 Å². The summed E-state index contributed by atoms with van der Waals surface area (Å²) in [5, 5.41) is 17.7. The van der Waals surface area contributed by atoms with Gasteiger partial charge in [-0.15, -0.1) is 0 Å². The normalized spacial score (nSPS) is 9.37. The Kier molecular flexibility index (Phi) is 13.1. The van der Waals surface area contributed by atoms with Crippen molar-refractivity contribution >= 4 is 23.1 Å². The number of carbonyl (C=O) groups is 1. The summed E-state index contributed by atoms with van der Waals surface area (Å²) in [5.74, 6) is -0.143. The molecule has 0 bridgehead atoms. The fraction of sp³-hybridized carbons (Fsp3) is 0.125. The maximum absolute atomic E-state index is 12.2. The third-order valence-corrected chi connectivity index (χ3v) is 5.53. The highest BCUT2D eigenvalue weighted by atomic mass is 35.5. The first-order valence-corrected chi connectivity index (χ1v) is 12.9. The van der Waals surface area contributed by atoms with Crippen molar-refractivity contribution in [2.24, 2.45) is 0 Å². The molecule has 5 aromatic rings. The van der Waals surface area contributed by atoms with Crippen molar-refractivity contribution in [1.29, 1.82) is 5.26 Å². The summed E-state index contributed by atoms with van der Waals surface area (Å²) in [5.41, 5.74) is 11.4. The quantitative estimate of drug-likeness (QED) is 0.115. The summed E-state index contributed by atoms with van der Waals surface area (Å²) in [4.78, 5) is 24.2. The average Bonchev–Trinajstić information content (AvgIpc) is 2.97. The summed E-state index contributed by atoms with van der Waals surface area (Å²) in [6.45, 7) is 7.50. The fourth-order valence-electron chi connectivity index (χ4n) is 3.15. The van der Waals surface area contributed by atoms with Crippen molar-refractivity contribution in [2.45, 2.75) is 27.7 Å². The van der Waals surface area contributed by atoms with Crippen LogP contribution >= 0.6 is 11.6 Å². The van der Waals surface area contributed by atoms with Crippen molar-refractivity contribution in [1.82, 2.24) is 15.0 Å². The van der Waals surface area contributed by atoms with E-state index < -0.39 is 0 Å². The molecular formula is C32H32ClN6O2+. The summed E-state index contributed by atoms with van der Waals surface area (Å²) in [6, 6.07) is 25.1. The lowest BCUT2D eigenvalue weighted by atomic mass is 10.0. The summed E-state index contributed by atoms with van der Waals surface area (Å²) < 4.78 is 1.08. The van der Waals surface area contributed by atoms with Gasteiger partial charge < -0.3 is 5.73 Å². The number of nitrogen functional groups attached to an aromatic ring is 1. The van der Waals surface area contributed by atoms with Gasteiger partial charge in [0.25, 0.3) is 0 Å². The van der Waals surface area contributed by atoms with E-state index in [2.05, 4.69) is 15.0 Å². The zero-order valence-electron chi connectivity index (χ0n) is 23.4. The van der Waals surface area contributed by atoms with Gasteiger partial charge in [0.05, 0.1) is 11.6 Å². The Balaban J connectivity index is 0.000000207. The van der Waals surface area contributed by atoms with Crippen LogP contribution in [-0.2, 0) is 0 Å². The molecule has 0 atom stereocenters. The molecule has 0 saturated carbocycles. The van der Waals surface area contributed by atoms with E-state index >= 15 is 0 Å². The molecule has 9 heteroatoms. The number of nitriles is 1. The minimum Gasteiger partial charge on any atom is -0.398 e. The van der Waals surface area contributed by atoms with Crippen LogP contribution < -0.4 is 10.5 Å². The second kappa shape index (κ2) is 16.7. The van der Waals surface area contributed by atoms with Crippen LogP contribution in [0.4, 0.5) is 5.69 Å². The first-order chi connectivity index (χ1) is 19.6. The highest BCUT2D eigenvalue weighted by Crippen LogP contribution is 2.21. The lowest BCUT2D eigenvalue weighted by Crippen LogP contribution is -2.32. The van der Waals surface area contributed by atoms with Gasteiger partial charge in [0, 0.05) is 81.3 Å². The van der Waals surface area contributed by atoms with Gasteiger partial charge in [0.1, 0.15) is 0 Å². The van der Waals surface area contributed by atoms with Crippen LogP contribution in [0.2, 0.25) is 5.02 Å². The van der Waals surface area contributed by atoms with Crippen LogP contribution in [0, 0.1) is 39.0 Å². The smallest absolute Gasteiger partial charge is 0.231 e. The molecule has 0 unspecified atom stereocenters. The first kappa shape index (κ1) is 32.1. The number of halogens is 1. The van der Waals surface area contributed by atoms with Crippen molar-refractivity contribution in [3.63, 3.8) is 0 Å². The van der Waals surface area contributed by atoms with E-state index in [0.29, 0.717) is 27.4 Å². The highest BCUT2D eigenvalue weighted by molar-refractivity contribution is 6.31. The number of aryl methyl sites for hydroxylation is 4. The van der Waals surface area contributed by atoms with Crippen molar-refractivity contribution in [3.05, 3.63) is 148 Å². The van der Waals surface area contributed by atoms with Gasteiger partial charge in [0.15, 0.2) is 5.78 Å². The standard InChI is InChI=1S/C13H11ClN2O.C7H6N2.C6H8NO.C6H7N/c1-8-6-9(4-5-16-8)13(17)11-7-10(14)2-3-12(11)15;1-6-4-7(5-8)2-3-9-6;1-6-4-2-3-5-7(6)8;1-6-4-2-3-5-7-6/h2-7H,15H2,1H3;2-4H,1H3;2-5,8H,1H3;2-5H,1H3/q;;+1;. The number of rotatable bonds is 2. The van der Waals surface area contributed by atoms with E-state index in [0.717, 1.165) is 27.5 Å². The SMILES string of the molecule is Cc1cc(C#N)ccn1.Cc1cc(C(=O)c2cc(Cl)ccc2N)ccn1.Cc1cccc[n+]1O.Cc1ccccn1. The Morgan fingerprint density at radius 1 is 0.829 bits per heavy atom. The second-order valence-electron chi connectivity index (χ2n) is 8.70. The molecule has 0 fully saturated rings. The molecule has 0 aliphatic carbocycles. The van der Waals surface area contributed by atoms with Gasteiger partial charge in [0.2, 0.25) is 11.9 Å². The minimum absolute atomic E-state index is 0.143. The summed E-state index contributed by atoms with van der Waals surface area (Å²) in [6.07, 6.45) is 6.61. The zero-order valence-corrected chi connectivity index (χ0v) is 24.1. The number of anilines is 1. The second-order valence-corrected chi connectivity index (χ2v) is 9.14. The molecule has 0 amide bonds. The zero-order chi connectivity index (χ0) is 30.2. The number of benzene rings is 1. The molecule has 3 N–H and O–H groups in total. The van der Waals surface area contributed by atoms with E-state index in [1.807, 2.05) is 64.1 Å². The molecule has 208 valence electrons.